The van der Waals surface area contributed by atoms with Crippen LogP contribution in [0.2, 0.25) is 0 Å². The van der Waals surface area contributed by atoms with Gasteiger partial charge in [-0.2, -0.15) is 0 Å². The minimum absolute atomic E-state index is 0.209. The molecule has 0 bridgehead atoms. The van der Waals surface area contributed by atoms with Crippen molar-refractivity contribution in [3.63, 3.8) is 0 Å². The monoisotopic (exact) mass is 458 g/mol. The van der Waals surface area contributed by atoms with Gasteiger partial charge in [-0.1, -0.05) is 85.9 Å². The van der Waals surface area contributed by atoms with Crippen LogP contribution in [0, 0.1) is 0 Å². The van der Waals surface area contributed by atoms with Crippen LogP contribution in [0.5, 0.6) is 0 Å². The van der Waals surface area contributed by atoms with Gasteiger partial charge in [0.05, 0.1) is 4.83 Å². The number of benzene rings is 2. The molecule has 0 nitrogen and oxygen atoms in total. The highest BCUT2D eigenvalue weighted by Crippen LogP contribution is 2.37. The number of hydrogen-bond acceptors (Lipinski definition) is 0. The maximum Gasteiger partial charge on any atom is 0.0655 e. The van der Waals surface area contributed by atoms with Crippen molar-refractivity contribution in [3.05, 3.63) is 67.6 Å². The summed E-state index contributed by atoms with van der Waals surface area (Å²) in [6.07, 6.45) is 2.18. The third-order valence-electron chi connectivity index (χ3n) is 3.52. The Morgan fingerprint density at radius 2 is 1.60 bits per heavy atom. The van der Waals surface area contributed by atoms with Crippen LogP contribution in [0.15, 0.2) is 45.3 Å². The summed E-state index contributed by atoms with van der Waals surface area (Å²) in [6, 6.07) is 13.1. The van der Waals surface area contributed by atoms with Crippen LogP contribution in [-0.2, 0) is 12.8 Å². The smallest absolute Gasteiger partial charge is 0.0655 e. The van der Waals surface area contributed by atoms with Crippen molar-refractivity contribution < 1.29 is 0 Å². The molecule has 0 N–H and O–H groups in total. The predicted molar refractivity (Wildman–Crippen MR) is 97.8 cm³/mol. The average molecular weight is 461 g/mol. The van der Waals surface area contributed by atoms with Crippen molar-refractivity contribution in [3.8, 4) is 0 Å². The Bertz CT molecular complexity index is 605. The Morgan fingerprint density at radius 1 is 0.900 bits per heavy atom. The average Bonchev–Trinajstić information content (AvgIpc) is 2.45. The zero-order valence-electron chi connectivity index (χ0n) is 11.6. The van der Waals surface area contributed by atoms with Crippen LogP contribution in [0.3, 0.4) is 0 Å². The Hall–Kier alpha value is -0.120. The molecule has 2 aromatic carbocycles. The summed E-state index contributed by atoms with van der Waals surface area (Å²) < 4.78 is 2.20. The van der Waals surface area contributed by atoms with Gasteiger partial charge in [-0.25, -0.2) is 0 Å². The van der Waals surface area contributed by atoms with Crippen LogP contribution in [0.1, 0.15) is 40.9 Å². The number of rotatable bonds is 4. The van der Waals surface area contributed by atoms with Crippen molar-refractivity contribution in [1.29, 1.82) is 0 Å². The SMILES string of the molecule is CCc1ccc(C(Br)c2ccc(Br)cc2Br)cc1CC. The number of aryl methyl sites for hydroxylation is 2. The van der Waals surface area contributed by atoms with Crippen molar-refractivity contribution >= 4 is 47.8 Å². The van der Waals surface area contributed by atoms with E-state index in [0.29, 0.717) is 0 Å². The predicted octanol–water partition coefficient (Wildman–Crippen LogP) is 6.82. The molecule has 1 atom stereocenters. The fraction of sp³-hybridized carbons (Fsp3) is 0.294. The highest BCUT2D eigenvalue weighted by atomic mass is 79.9. The molecule has 0 amide bonds. The molecule has 3 heteroatoms. The van der Waals surface area contributed by atoms with E-state index in [1.807, 2.05) is 0 Å². The molecule has 0 fully saturated rings. The lowest BCUT2D eigenvalue weighted by Gasteiger charge is -2.16. The molecule has 0 aromatic heterocycles. The molecule has 0 radical (unpaired) electrons. The van der Waals surface area contributed by atoms with Gasteiger partial charge in [0, 0.05) is 8.95 Å². The molecule has 106 valence electrons. The van der Waals surface area contributed by atoms with Gasteiger partial charge in [0.1, 0.15) is 0 Å². The van der Waals surface area contributed by atoms with Gasteiger partial charge in [0.2, 0.25) is 0 Å². The zero-order chi connectivity index (χ0) is 14.7. The first-order valence-electron chi connectivity index (χ1n) is 6.77. The highest BCUT2D eigenvalue weighted by molar-refractivity contribution is 9.11. The van der Waals surface area contributed by atoms with Gasteiger partial charge >= 0.3 is 0 Å². The van der Waals surface area contributed by atoms with E-state index in [2.05, 4.69) is 98.0 Å². The van der Waals surface area contributed by atoms with Gasteiger partial charge in [-0.15, -0.1) is 0 Å². The van der Waals surface area contributed by atoms with E-state index in [1.54, 1.807) is 0 Å². The summed E-state index contributed by atoms with van der Waals surface area (Å²) in [7, 11) is 0. The van der Waals surface area contributed by atoms with Crippen molar-refractivity contribution in [2.45, 2.75) is 31.5 Å². The number of hydrogen-bond donors (Lipinski definition) is 0. The molecule has 1 unspecified atom stereocenters. The maximum absolute atomic E-state index is 3.83. The summed E-state index contributed by atoms with van der Waals surface area (Å²) in [5.74, 6) is 0. The number of alkyl halides is 1. The summed E-state index contributed by atoms with van der Waals surface area (Å²) in [6.45, 7) is 4.43. The molecule has 0 aliphatic carbocycles. The third kappa shape index (κ3) is 3.55. The molecular formula is C17H17Br3. The van der Waals surface area contributed by atoms with Crippen LogP contribution < -0.4 is 0 Å². The van der Waals surface area contributed by atoms with E-state index < -0.39 is 0 Å². The molecule has 0 saturated carbocycles. The lowest BCUT2D eigenvalue weighted by atomic mass is 9.96. The molecule has 0 heterocycles. The second-order valence-corrected chi connectivity index (χ2v) is 7.45. The fourth-order valence-corrected chi connectivity index (χ4v) is 4.63. The molecular weight excluding hydrogens is 444 g/mol. The Kier molecular flexibility index (Phi) is 5.88. The van der Waals surface area contributed by atoms with E-state index in [-0.39, 0.29) is 4.83 Å². The maximum atomic E-state index is 3.83. The first-order valence-corrected chi connectivity index (χ1v) is 9.27. The first kappa shape index (κ1) is 16.3. The molecule has 0 aliphatic heterocycles. The summed E-state index contributed by atoms with van der Waals surface area (Å²) in [5.41, 5.74) is 5.45. The summed E-state index contributed by atoms with van der Waals surface area (Å²) >= 11 is 11.0. The van der Waals surface area contributed by atoms with Gasteiger partial charge in [-0.3, -0.25) is 0 Å². The standard InChI is InChI=1S/C17H17Br3/c1-3-11-5-6-13(9-12(11)4-2)17(20)15-8-7-14(18)10-16(15)19/h5-10,17H,3-4H2,1-2H3. The van der Waals surface area contributed by atoms with Crippen LogP contribution in [-0.4, -0.2) is 0 Å². The van der Waals surface area contributed by atoms with Crippen molar-refractivity contribution in [1.82, 2.24) is 0 Å². The lowest BCUT2D eigenvalue weighted by Crippen LogP contribution is -1.98. The van der Waals surface area contributed by atoms with Gasteiger partial charge in [0.15, 0.2) is 0 Å². The minimum atomic E-state index is 0.209. The van der Waals surface area contributed by atoms with Gasteiger partial charge < -0.3 is 0 Å². The normalized spacial score (nSPS) is 12.4. The molecule has 20 heavy (non-hydrogen) atoms. The lowest BCUT2D eigenvalue weighted by molar-refractivity contribution is 1.02. The highest BCUT2D eigenvalue weighted by Gasteiger charge is 2.15. The van der Waals surface area contributed by atoms with E-state index in [1.165, 1.54) is 22.3 Å². The summed E-state index contributed by atoms with van der Waals surface area (Å²) in [4.78, 5) is 0.209. The van der Waals surface area contributed by atoms with E-state index in [4.69, 9.17) is 0 Å². The molecule has 0 saturated heterocycles. The van der Waals surface area contributed by atoms with Gasteiger partial charge in [0.25, 0.3) is 0 Å². The minimum Gasteiger partial charge on any atom is -0.0786 e. The molecule has 2 rings (SSSR count). The Balaban J connectivity index is 2.40. The molecule has 0 spiro atoms. The Morgan fingerprint density at radius 3 is 2.20 bits per heavy atom. The van der Waals surface area contributed by atoms with Crippen LogP contribution >= 0.6 is 47.8 Å². The van der Waals surface area contributed by atoms with Gasteiger partial charge in [-0.05, 0) is 47.2 Å². The zero-order valence-corrected chi connectivity index (χ0v) is 16.3. The van der Waals surface area contributed by atoms with Crippen LogP contribution in [0.25, 0.3) is 0 Å². The number of halogens is 3. The van der Waals surface area contributed by atoms with E-state index in [9.17, 15) is 0 Å². The van der Waals surface area contributed by atoms with Crippen molar-refractivity contribution in [2.24, 2.45) is 0 Å². The third-order valence-corrected chi connectivity index (χ3v) is 5.72. The second-order valence-electron chi connectivity index (χ2n) is 4.76. The quantitative estimate of drug-likeness (QED) is 0.439. The topological polar surface area (TPSA) is 0 Å². The largest absolute Gasteiger partial charge is 0.0786 e. The molecule has 0 aliphatic rings. The van der Waals surface area contributed by atoms with Crippen molar-refractivity contribution in [2.75, 3.05) is 0 Å². The Labute approximate surface area is 146 Å². The van der Waals surface area contributed by atoms with Crippen LogP contribution in [0.4, 0.5) is 0 Å². The molecule has 2 aromatic rings. The summed E-state index contributed by atoms with van der Waals surface area (Å²) in [5, 5.41) is 0. The van der Waals surface area contributed by atoms with E-state index >= 15 is 0 Å². The van der Waals surface area contributed by atoms with E-state index in [0.717, 1.165) is 21.8 Å². The first-order chi connectivity index (χ1) is 9.56. The fourth-order valence-electron chi connectivity index (χ4n) is 2.36. The second kappa shape index (κ2) is 7.24.